The van der Waals surface area contributed by atoms with E-state index >= 15 is 0 Å². The van der Waals surface area contributed by atoms with Crippen molar-refractivity contribution in [3.63, 3.8) is 0 Å². The second-order valence-electron chi connectivity index (χ2n) is 10.7. The lowest BCUT2D eigenvalue weighted by Crippen LogP contribution is -2.48. The molecule has 39 heavy (non-hydrogen) atoms. The Labute approximate surface area is 235 Å². The van der Waals surface area contributed by atoms with E-state index in [-0.39, 0.29) is 24.3 Å². The van der Waals surface area contributed by atoms with Crippen LogP contribution in [0.25, 0.3) is 0 Å². The number of hydrogen-bond donors (Lipinski definition) is 1. The zero-order chi connectivity index (χ0) is 29.3. The number of ether oxygens (including phenoxy) is 1. The minimum absolute atomic E-state index is 0.163. The third-order valence-corrected chi connectivity index (χ3v) is 6.06. The molecule has 0 bridgehead atoms. The Morgan fingerprint density at radius 1 is 1.13 bits per heavy atom. The van der Waals surface area contributed by atoms with Crippen molar-refractivity contribution >= 4 is 17.9 Å². The summed E-state index contributed by atoms with van der Waals surface area (Å²) in [5.41, 5.74) is 1.18. The van der Waals surface area contributed by atoms with Gasteiger partial charge in [-0.25, -0.2) is 4.79 Å². The molecule has 0 atom stereocenters. The molecular weight excluding hydrogens is 492 g/mol. The maximum atomic E-state index is 13.2. The van der Waals surface area contributed by atoms with E-state index in [0.29, 0.717) is 25.1 Å². The van der Waals surface area contributed by atoms with E-state index in [1.807, 2.05) is 45.9 Å². The number of rotatable bonds is 9. The Balaban J connectivity index is 0.00000242. The first-order valence-corrected chi connectivity index (χ1v) is 13.8. The lowest BCUT2D eigenvalue weighted by molar-refractivity contribution is -0.142. The minimum Gasteiger partial charge on any atom is -0.444 e. The van der Waals surface area contributed by atoms with Crippen molar-refractivity contribution in [3.8, 4) is 12.3 Å². The molecule has 216 valence electrons. The van der Waals surface area contributed by atoms with Crippen LogP contribution in [0, 0.1) is 12.3 Å². The first kappa shape index (κ1) is 33.9. The summed E-state index contributed by atoms with van der Waals surface area (Å²) in [6.07, 6.45) is 15.6. The fraction of sp³-hybridized carbons (Fsp3) is 0.581. The van der Waals surface area contributed by atoms with Crippen LogP contribution in [0.1, 0.15) is 60.3 Å². The van der Waals surface area contributed by atoms with Gasteiger partial charge in [-0.05, 0) is 67.0 Å². The monoisotopic (exact) mass is 540 g/mol. The molecule has 0 aromatic rings. The van der Waals surface area contributed by atoms with Crippen LogP contribution < -0.4 is 5.32 Å². The Bertz CT molecular complexity index is 945. The van der Waals surface area contributed by atoms with Gasteiger partial charge in [0.1, 0.15) is 5.60 Å². The average Bonchev–Trinajstić information content (AvgIpc) is 2.86. The van der Waals surface area contributed by atoms with E-state index in [2.05, 4.69) is 34.0 Å². The molecule has 2 aliphatic rings. The third-order valence-electron chi connectivity index (χ3n) is 6.06. The molecule has 1 fully saturated rings. The highest BCUT2D eigenvalue weighted by Crippen LogP contribution is 2.17. The molecule has 0 radical (unpaired) electrons. The molecule has 0 aromatic carbocycles. The standard InChI is InChI=1S/C28H44N4O4.C3H4/c1-6-11-24-22-23(2)12-7-8-13-25(33)32(26(24)34)17-10-16-31-20-18-30(19-21-31)15-9-14-29-27(35)36-28(3,4)5;1-3-2/h6-8,11-12H,1,9-10,13-22H2,2-5H3,(H,29,35);1H,2H3/b8-7-,23-12-,24-11+;. The van der Waals surface area contributed by atoms with Crippen molar-refractivity contribution in [2.75, 3.05) is 52.4 Å². The highest BCUT2D eigenvalue weighted by atomic mass is 16.6. The van der Waals surface area contributed by atoms with Crippen LogP contribution in [-0.4, -0.2) is 90.6 Å². The van der Waals surface area contributed by atoms with Gasteiger partial charge in [-0.3, -0.25) is 14.5 Å². The van der Waals surface area contributed by atoms with Gasteiger partial charge in [0, 0.05) is 51.3 Å². The summed E-state index contributed by atoms with van der Waals surface area (Å²) < 4.78 is 5.26. The van der Waals surface area contributed by atoms with Crippen molar-refractivity contribution in [2.24, 2.45) is 0 Å². The summed E-state index contributed by atoms with van der Waals surface area (Å²) in [5, 5.41) is 2.81. The van der Waals surface area contributed by atoms with Gasteiger partial charge in [0.15, 0.2) is 0 Å². The number of carbonyl (C=O) groups is 3. The number of piperazine rings is 1. The predicted octanol–water partition coefficient (Wildman–Crippen LogP) is 4.31. The topological polar surface area (TPSA) is 82.2 Å². The molecule has 2 heterocycles. The number of amides is 3. The van der Waals surface area contributed by atoms with Crippen LogP contribution in [0.3, 0.4) is 0 Å². The number of nitrogens with one attached hydrogen (secondary N) is 1. The fourth-order valence-electron chi connectivity index (χ4n) is 4.23. The van der Waals surface area contributed by atoms with Crippen molar-refractivity contribution < 1.29 is 19.1 Å². The van der Waals surface area contributed by atoms with Gasteiger partial charge in [-0.2, -0.15) is 0 Å². The molecular formula is C31H48N4O4. The SMILES string of the molecule is C#CC.C=C/C=C1\C/C(C)=C\C=C/CC(=O)N(CCCN2CCN(CCCNC(=O)OC(C)(C)C)CC2)C1=O. The molecule has 0 unspecified atom stereocenters. The van der Waals surface area contributed by atoms with Crippen LogP contribution in [0.4, 0.5) is 4.79 Å². The number of terminal acetylenes is 1. The van der Waals surface area contributed by atoms with Gasteiger partial charge in [-0.15, -0.1) is 12.3 Å². The lowest BCUT2D eigenvalue weighted by Gasteiger charge is -2.35. The first-order chi connectivity index (χ1) is 18.5. The molecule has 0 aromatic heterocycles. The molecule has 2 aliphatic heterocycles. The molecule has 8 heteroatoms. The zero-order valence-electron chi connectivity index (χ0n) is 24.6. The van der Waals surface area contributed by atoms with Gasteiger partial charge < -0.3 is 19.9 Å². The van der Waals surface area contributed by atoms with E-state index in [0.717, 1.165) is 57.7 Å². The normalized spacial score (nSPS) is 20.7. The van der Waals surface area contributed by atoms with Crippen LogP contribution in [-0.2, 0) is 14.3 Å². The summed E-state index contributed by atoms with van der Waals surface area (Å²) in [6, 6.07) is 0. The van der Waals surface area contributed by atoms with Crippen molar-refractivity contribution in [2.45, 2.75) is 65.9 Å². The molecule has 0 saturated carbocycles. The summed E-state index contributed by atoms with van der Waals surface area (Å²) in [7, 11) is 0. The first-order valence-electron chi connectivity index (χ1n) is 13.8. The molecule has 2 rings (SSSR count). The quantitative estimate of drug-likeness (QED) is 0.203. The second-order valence-corrected chi connectivity index (χ2v) is 10.7. The van der Waals surface area contributed by atoms with Crippen molar-refractivity contribution in [1.82, 2.24) is 20.0 Å². The summed E-state index contributed by atoms with van der Waals surface area (Å²) in [5.74, 6) is 1.87. The van der Waals surface area contributed by atoms with E-state index in [9.17, 15) is 14.4 Å². The summed E-state index contributed by atoms with van der Waals surface area (Å²) >= 11 is 0. The average molecular weight is 541 g/mol. The lowest BCUT2D eigenvalue weighted by atomic mass is 10.0. The summed E-state index contributed by atoms with van der Waals surface area (Å²) in [4.78, 5) is 43.8. The highest BCUT2D eigenvalue weighted by Gasteiger charge is 2.25. The molecule has 0 spiro atoms. The number of hydrogen-bond acceptors (Lipinski definition) is 6. The Hall–Kier alpha value is -3.15. The van der Waals surface area contributed by atoms with Gasteiger partial charge in [0.25, 0.3) is 5.91 Å². The Morgan fingerprint density at radius 3 is 2.28 bits per heavy atom. The Kier molecular flexibility index (Phi) is 15.8. The predicted molar refractivity (Wildman–Crippen MR) is 158 cm³/mol. The van der Waals surface area contributed by atoms with Crippen LogP contribution in [0.5, 0.6) is 0 Å². The van der Waals surface area contributed by atoms with Crippen LogP contribution in [0.2, 0.25) is 0 Å². The van der Waals surface area contributed by atoms with E-state index in [1.165, 1.54) is 4.90 Å². The highest BCUT2D eigenvalue weighted by molar-refractivity contribution is 6.05. The second kappa shape index (κ2) is 18.2. The number of nitrogens with zero attached hydrogens (tertiary/aromatic N) is 3. The van der Waals surface area contributed by atoms with Crippen LogP contribution >= 0.6 is 0 Å². The van der Waals surface area contributed by atoms with E-state index in [1.54, 1.807) is 19.1 Å². The molecule has 1 saturated heterocycles. The zero-order valence-corrected chi connectivity index (χ0v) is 24.6. The van der Waals surface area contributed by atoms with Gasteiger partial charge in [0.2, 0.25) is 5.91 Å². The van der Waals surface area contributed by atoms with E-state index in [4.69, 9.17) is 4.74 Å². The van der Waals surface area contributed by atoms with Crippen molar-refractivity contribution in [3.05, 3.63) is 48.1 Å². The molecule has 3 amide bonds. The maximum Gasteiger partial charge on any atom is 0.407 e. The largest absolute Gasteiger partial charge is 0.444 e. The number of carbonyl (C=O) groups excluding carboxylic acids is 3. The molecule has 8 nitrogen and oxygen atoms in total. The third kappa shape index (κ3) is 14.5. The number of imide groups is 1. The Morgan fingerprint density at radius 2 is 1.72 bits per heavy atom. The number of alkyl carbamates (subject to hydrolysis) is 1. The maximum absolute atomic E-state index is 13.2. The van der Waals surface area contributed by atoms with Gasteiger partial charge >= 0.3 is 6.09 Å². The number of allylic oxidation sites excluding steroid dienone is 5. The van der Waals surface area contributed by atoms with Gasteiger partial charge in [0.05, 0.1) is 0 Å². The molecule has 0 aliphatic carbocycles. The minimum atomic E-state index is -0.482. The van der Waals surface area contributed by atoms with E-state index < -0.39 is 5.60 Å². The fourth-order valence-corrected chi connectivity index (χ4v) is 4.23. The molecule has 1 N–H and O–H groups in total. The van der Waals surface area contributed by atoms with Crippen LogP contribution in [0.15, 0.2) is 48.1 Å². The van der Waals surface area contributed by atoms with Crippen molar-refractivity contribution in [1.29, 1.82) is 0 Å². The van der Waals surface area contributed by atoms with Gasteiger partial charge in [-0.1, -0.05) is 42.5 Å². The summed E-state index contributed by atoms with van der Waals surface area (Å²) in [6.45, 7) is 19.6. The smallest absolute Gasteiger partial charge is 0.407 e.